The van der Waals surface area contributed by atoms with Gasteiger partial charge in [-0.3, -0.25) is 0 Å². The van der Waals surface area contributed by atoms with Crippen molar-refractivity contribution in [1.29, 1.82) is 0 Å². The molecule has 3 nitrogen and oxygen atoms in total. The van der Waals surface area contributed by atoms with Crippen molar-refractivity contribution in [3.8, 4) is 0 Å². The highest BCUT2D eigenvalue weighted by atomic mass is 79.9. The fourth-order valence-electron chi connectivity index (χ4n) is 2.59. The Bertz CT molecular complexity index is 591. The predicted octanol–water partition coefficient (Wildman–Crippen LogP) is 4.00. The molecule has 0 N–H and O–H groups in total. The van der Waals surface area contributed by atoms with E-state index in [4.69, 9.17) is 11.6 Å². The summed E-state index contributed by atoms with van der Waals surface area (Å²) in [5.74, 6) is 0.690. The van der Waals surface area contributed by atoms with Crippen molar-refractivity contribution in [2.75, 3.05) is 6.54 Å². The summed E-state index contributed by atoms with van der Waals surface area (Å²) in [7, 11) is -3.48. The van der Waals surface area contributed by atoms with Gasteiger partial charge in [0.25, 0.3) is 0 Å². The molecule has 1 aliphatic heterocycles. The predicted molar refractivity (Wildman–Crippen MR) is 85.5 cm³/mol. The molecule has 20 heavy (non-hydrogen) atoms. The van der Waals surface area contributed by atoms with E-state index in [2.05, 4.69) is 22.9 Å². The van der Waals surface area contributed by atoms with E-state index in [1.165, 1.54) is 0 Å². The summed E-state index contributed by atoms with van der Waals surface area (Å²) in [6.45, 7) is 4.68. The van der Waals surface area contributed by atoms with Crippen LogP contribution in [0.15, 0.2) is 27.6 Å². The molecule has 1 aliphatic rings. The number of halogens is 2. The maximum absolute atomic E-state index is 12.9. The van der Waals surface area contributed by atoms with Crippen molar-refractivity contribution < 1.29 is 8.42 Å². The van der Waals surface area contributed by atoms with Crippen molar-refractivity contribution in [2.45, 2.75) is 43.5 Å². The molecule has 1 aromatic rings. The molecule has 2 rings (SSSR count). The van der Waals surface area contributed by atoms with E-state index in [0.29, 0.717) is 27.7 Å². The monoisotopic (exact) mass is 379 g/mol. The molecule has 1 aromatic carbocycles. The van der Waals surface area contributed by atoms with Crippen LogP contribution in [0.25, 0.3) is 0 Å². The van der Waals surface area contributed by atoms with Gasteiger partial charge >= 0.3 is 0 Å². The Labute approximate surface area is 134 Å². The van der Waals surface area contributed by atoms with Crippen LogP contribution < -0.4 is 0 Å². The van der Waals surface area contributed by atoms with Gasteiger partial charge in [-0.15, -0.1) is 11.6 Å². The van der Waals surface area contributed by atoms with Crippen molar-refractivity contribution in [3.63, 3.8) is 0 Å². The van der Waals surface area contributed by atoms with Gasteiger partial charge in [-0.05, 0) is 59.3 Å². The van der Waals surface area contributed by atoms with Gasteiger partial charge in [0.05, 0.1) is 4.90 Å². The van der Waals surface area contributed by atoms with Gasteiger partial charge in [0.15, 0.2) is 0 Å². The lowest BCUT2D eigenvalue weighted by molar-refractivity contribution is 0.202. The second-order valence-corrected chi connectivity index (χ2v) is 8.35. The molecule has 6 heteroatoms. The molecule has 2 unspecified atom stereocenters. The average molecular weight is 381 g/mol. The molecule has 0 bridgehead atoms. The summed E-state index contributed by atoms with van der Waals surface area (Å²) in [4.78, 5) is 0.316. The first-order chi connectivity index (χ1) is 9.37. The van der Waals surface area contributed by atoms with Crippen LogP contribution in [-0.2, 0) is 15.9 Å². The van der Waals surface area contributed by atoms with Crippen LogP contribution in [0.2, 0.25) is 0 Å². The molecule has 1 heterocycles. The SMILES string of the molecule is CC1CCCN(S(=O)(=O)c2cc(CCl)ccc2Br)C1C. The number of nitrogens with zero attached hydrogens (tertiary/aromatic N) is 1. The van der Waals surface area contributed by atoms with Gasteiger partial charge in [0, 0.05) is 22.9 Å². The summed E-state index contributed by atoms with van der Waals surface area (Å²) in [6.07, 6.45) is 1.99. The lowest BCUT2D eigenvalue weighted by atomic mass is 9.94. The minimum atomic E-state index is -3.48. The Morgan fingerprint density at radius 3 is 2.75 bits per heavy atom. The number of alkyl halides is 1. The van der Waals surface area contributed by atoms with Crippen molar-refractivity contribution in [2.24, 2.45) is 5.92 Å². The third-order valence-electron chi connectivity index (χ3n) is 4.05. The van der Waals surface area contributed by atoms with Crippen LogP contribution >= 0.6 is 27.5 Å². The summed E-state index contributed by atoms with van der Waals surface area (Å²) in [5.41, 5.74) is 0.811. The van der Waals surface area contributed by atoms with Crippen LogP contribution in [0, 0.1) is 5.92 Å². The van der Waals surface area contributed by atoms with Crippen LogP contribution in [0.3, 0.4) is 0 Å². The molecule has 0 spiro atoms. The first kappa shape index (κ1) is 16.3. The zero-order valence-electron chi connectivity index (χ0n) is 11.6. The van der Waals surface area contributed by atoms with Crippen molar-refractivity contribution >= 4 is 37.6 Å². The molecular weight excluding hydrogens is 362 g/mol. The van der Waals surface area contributed by atoms with E-state index < -0.39 is 10.0 Å². The normalized spacial score (nSPS) is 24.8. The minimum Gasteiger partial charge on any atom is -0.207 e. The molecule has 0 amide bonds. The third kappa shape index (κ3) is 3.06. The summed E-state index contributed by atoms with van der Waals surface area (Å²) in [5, 5.41) is 0. The highest BCUT2D eigenvalue weighted by molar-refractivity contribution is 9.10. The molecule has 112 valence electrons. The molecule has 2 atom stereocenters. The number of sulfonamides is 1. The standard InChI is InChI=1S/C14H19BrClNO2S/c1-10-4-3-7-17(11(10)2)20(18,19)14-8-12(9-16)5-6-13(14)15/h5-6,8,10-11H,3-4,7,9H2,1-2H3. The summed E-state index contributed by atoms with van der Waals surface area (Å²) >= 11 is 9.16. The number of benzene rings is 1. The maximum Gasteiger partial charge on any atom is 0.244 e. The summed E-state index contributed by atoms with van der Waals surface area (Å²) in [6, 6.07) is 5.28. The number of rotatable bonds is 3. The molecule has 1 fully saturated rings. The van der Waals surface area contributed by atoms with Gasteiger partial charge in [0.1, 0.15) is 0 Å². The van der Waals surface area contributed by atoms with E-state index in [0.717, 1.165) is 18.4 Å². The average Bonchev–Trinajstić information content (AvgIpc) is 2.42. The molecule has 0 saturated carbocycles. The Kier molecular flexibility index (Phi) is 5.16. The Balaban J connectivity index is 2.44. The van der Waals surface area contributed by atoms with Gasteiger partial charge in [-0.1, -0.05) is 13.0 Å². The smallest absolute Gasteiger partial charge is 0.207 e. The third-order valence-corrected chi connectivity index (χ3v) is 7.34. The molecule has 1 saturated heterocycles. The van der Waals surface area contributed by atoms with Gasteiger partial charge < -0.3 is 0 Å². The topological polar surface area (TPSA) is 37.4 Å². The lowest BCUT2D eigenvalue weighted by Crippen LogP contribution is -2.45. The maximum atomic E-state index is 12.9. The van der Waals surface area contributed by atoms with Crippen LogP contribution in [0.1, 0.15) is 32.3 Å². The van der Waals surface area contributed by atoms with E-state index in [-0.39, 0.29) is 6.04 Å². The second-order valence-electron chi connectivity index (χ2n) is 5.37. The van der Waals surface area contributed by atoms with Crippen molar-refractivity contribution in [1.82, 2.24) is 4.31 Å². The number of hydrogen-bond acceptors (Lipinski definition) is 2. The van der Waals surface area contributed by atoms with Crippen molar-refractivity contribution in [3.05, 3.63) is 28.2 Å². The minimum absolute atomic E-state index is 0.0281. The molecule has 0 aliphatic carbocycles. The Hall–Kier alpha value is -0.100. The molecule has 0 radical (unpaired) electrons. The number of hydrogen-bond donors (Lipinski definition) is 0. The van der Waals surface area contributed by atoms with E-state index in [1.54, 1.807) is 16.4 Å². The fourth-order valence-corrected chi connectivity index (χ4v) is 5.50. The molecular formula is C14H19BrClNO2S. The van der Waals surface area contributed by atoms with Gasteiger partial charge in [-0.25, -0.2) is 8.42 Å². The van der Waals surface area contributed by atoms with Crippen LogP contribution in [-0.4, -0.2) is 25.3 Å². The largest absolute Gasteiger partial charge is 0.244 e. The zero-order valence-corrected chi connectivity index (χ0v) is 14.8. The van der Waals surface area contributed by atoms with E-state index in [1.807, 2.05) is 13.0 Å². The Morgan fingerprint density at radius 2 is 2.10 bits per heavy atom. The summed E-state index contributed by atoms with van der Waals surface area (Å²) < 4.78 is 28.0. The fraction of sp³-hybridized carbons (Fsp3) is 0.571. The van der Waals surface area contributed by atoms with E-state index in [9.17, 15) is 8.42 Å². The lowest BCUT2D eigenvalue weighted by Gasteiger charge is -2.37. The molecule has 0 aromatic heterocycles. The second kappa shape index (κ2) is 6.34. The first-order valence-electron chi connectivity index (χ1n) is 6.74. The van der Waals surface area contributed by atoms with Gasteiger partial charge in [0.2, 0.25) is 10.0 Å². The first-order valence-corrected chi connectivity index (χ1v) is 9.51. The zero-order chi connectivity index (χ0) is 14.9. The highest BCUT2D eigenvalue weighted by Gasteiger charge is 2.35. The van der Waals surface area contributed by atoms with Gasteiger partial charge in [-0.2, -0.15) is 4.31 Å². The van der Waals surface area contributed by atoms with Crippen LogP contribution in [0.5, 0.6) is 0 Å². The van der Waals surface area contributed by atoms with E-state index >= 15 is 0 Å². The quantitative estimate of drug-likeness (QED) is 0.743. The number of piperidine rings is 1. The van der Waals surface area contributed by atoms with Crippen LogP contribution in [0.4, 0.5) is 0 Å². The Morgan fingerprint density at radius 1 is 1.40 bits per heavy atom. The highest BCUT2D eigenvalue weighted by Crippen LogP contribution is 2.32.